The molecule has 0 radical (unpaired) electrons. The first kappa shape index (κ1) is 17.0. The summed E-state index contributed by atoms with van der Waals surface area (Å²) in [5.41, 5.74) is 7.68. The molecule has 0 aliphatic heterocycles. The van der Waals surface area contributed by atoms with Crippen molar-refractivity contribution in [2.75, 3.05) is 0 Å². The molecule has 24 heavy (non-hydrogen) atoms. The molecule has 0 amide bonds. The van der Waals surface area contributed by atoms with Crippen molar-refractivity contribution in [2.24, 2.45) is 0 Å². The van der Waals surface area contributed by atoms with Crippen LogP contribution in [0, 0.1) is 0 Å². The van der Waals surface area contributed by atoms with Crippen molar-refractivity contribution in [2.45, 2.75) is 65.2 Å². The number of aryl methyl sites for hydroxylation is 1. The van der Waals surface area contributed by atoms with Crippen LogP contribution in [0.3, 0.4) is 0 Å². The molecule has 2 aromatic rings. The van der Waals surface area contributed by atoms with Crippen LogP contribution < -0.4 is 0 Å². The van der Waals surface area contributed by atoms with E-state index in [0.29, 0.717) is 0 Å². The Morgan fingerprint density at radius 1 is 0.875 bits per heavy atom. The minimum atomic E-state index is 0.150. The van der Waals surface area contributed by atoms with Crippen molar-refractivity contribution >= 4 is 5.78 Å². The van der Waals surface area contributed by atoms with Gasteiger partial charge in [-0.15, -0.1) is 0 Å². The van der Waals surface area contributed by atoms with E-state index in [1.54, 1.807) is 6.92 Å². The second kappa shape index (κ2) is 7.79. The summed E-state index contributed by atoms with van der Waals surface area (Å²) >= 11 is 0. The van der Waals surface area contributed by atoms with E-state index in [-0.39, 0.29) is 5.78 Å². The summed E-state index contributed by atoms with van der Waals surface area (Å²) in [5.74, 6) is 0.150. The van der Waals surface area contributed by atoms with Gasteiger partial charge < -0.3 is 0 Å². The van der Waals surface area contributed by atoms with Gasteiger partial charge in [-0.05, 0) is 60.1 Å². The molecule has 0 aromatic heterocycles. The maximum Gasteiger partial charge on any atom is 0.159 e. The normalized spacial score (nSPS) is 12.1. The summed E-state index contributed by atoms with van der Waals surface area (Å²) in [6, 6.07) is 13.1. The van der Waals surface area contributed by atoms with Crippen LogP contribution in [0.1, 0.15) is 79.4 Å². The standard InChI is InChI=1S/C23H28O/c1-3-4-5-6-7-8-9-18-10-12-22-20(14-18)16-21-15-19(17(2)24)11-13-23(21)22/h10-15H,3-9,16H2,1-2H3. The van der Waals surface area contributed by atoms with E-state index in [1.165, 1.54) is 72.8 Å². The van der Waals surface area contributed by atoms with Crippen LogP contribution in [0.15, 0.2) is 36.4 Å². The third-order valence-electron chi connectivity index (χ3n) is 5.17. The number of hydrogen-bond donors (Lipinski definition) is 0. The molecule has 1 aliphatic carbocycles. The quantitative estimate of drug-likeness (QED) is 0.348. The molecule has 3 rings (SSSR count). The molecule has 126 valence electrons. The molecule has 0 fully saturated rings. The zero-order chi connectivity index (χ0) is 16.9. The summed E-state index contributed by atoms with van der Waals surface area (Å²) in [4.78, 5) is 11.6. The van der Waals surface area contributed by atoms with E-state index in [1.807, 2.05) is 6.07 Å². The van der Waals surface area contributed by atoms with Gasteiger partial charge in [0.05, 0.1) is 0 Å². The van der Waals surface area contributed by atoms with Gasteiger partial charge in [-0.1, -0.05) is 69.4 Å². The van der Waals surface area contributed by atoms with Gasteiger partial charge in [0.15, 0.2) is 5.78 Å². The number of fused-ring (bicyclic) bond motifs is 3. The maximum atomic E-state index is 11.6. The molecule has 2 aromatic carbocycles. The number of unbranched alkanes of at least 4 members (excludes halogenated alkanes) is 5. The lowest BCUT2D eigenvalue weighted by atomic mass is 9.99. The van der Waals surface area contributed by atoms with E-state index in [4.69, 9.17) is 0 Å². The summed E-state index contributed by atoms with van der Waals surface area (Å²) in [5, 5.41) is 0. The van der Waals surface area contributed by atoms with Gasteiger partial charge in [0.1, 0.15) is 0 Å². The first-order valence-electron chi connectivity index (χ1n) is 9.45. The number of carbonyl (C=O) groups is 1. The van der Waals surface area contributed by atoms with E-state index in [0.717, 1.165) is 12.0 Å². The predicted octanol–water partition coefficient (Wildman–Crippen LogP) is 6.36. The average molecular weight is 320 g/mol. The van der Waals surface area contributed by atoms with Gasteiger partial charge in [-0.2, -0.15) is 0 Å². The van der Waals surface area contributed by atoms with Crippen LogP contribution in [-0.2, 0) is 12.8 Å². The molecule has 0 atom stereocenters. The van der Waals surface area contributed by atoms with Crippen molar-refractivity contribution in [3.63, 3.8) is 0 Å². The van der Waals surface area contributed by atoms with Crippen LogP contribution in [0.25, 0.3) is 11.1 Å². The minimum absolute atomic E-state index is 0.150. The van der Waals surface area contributed by atoms with Crippen LogP contribution in [-0.4, -0.2) is 5.78 Å². The van der Waals surface area contributed by atoms with E-state index < -0.39 is 0 Å². The maximum absolute atomic E-state index is 11.6. The van der Waals surface area contributed by atoms with Gasteiger partial charge in [0.2, 0.25) is 0 Å². The highest BCUT2D eigenvalue weighted by Gasteiger charge is 2.19. The first-order chi connectivity index (χ1) is 11.7. The average Bonchev–Trinajstić information content (AvgIpc) is 2.94. The molecule has 0 unspecified atom stereocenters. The van der Waals surface area contributed by atoms with Crippen molar-refractivity contribution in [1.82, 2.24) is 0 Å². The minimum Gasteiger partial charge on any atom is -0.295 e. The fourth-order valence-corrected chi connectivity index (χ4v) is 3.75. The molecular weight excluding hydrogens is 292 g/mol. The molecule has 0 N–H and O–H groups in total. The molecule has 0 saturated carbocycles. The molecule has 0 bridgehead atoms. The Balaban J connectivity index is 1.63. The van der Waals surface area contributed by atoms with Crippen LogP contribution in [0.4, 0.5) is 0 Å². The van der Waals surface area contributed by atoms with Crippen molar-refractivity contribution in [3.05, 3.63) is 58.7 Å². The van der Waals surface area contributed by atoms with Gasteiger partial charge >= 0.3 is 0 Å². The smallest absolute Gasteiger partial charge is 0.159 e. The summed E-state index contributed by atoms with van der Waals surface area (Å²) < 4.78 is 0. The largest absolute Gasteiger partial charge is 0.295 e. The van der Waals surface area contributed by atoms with E-state index >= 15 is 0 Å². The lowest BCUT2D eigenvalue weighted by Gasteiger charge is -2.06. The number of rotatable bonds is 8. The molecule has 1 heteroatoms. The molecule has 0 spiro atoms. The highest BCUT2D eigenvalue weighted by molar-refractivity contribution is 5.95. The van der Waals surface area contributed by atoms with E-state index in [2.05, 4.69) is 37.3 Å². The third-order valence-corrected chi connectivity index (χ3v) is 5.17. The second-order valence-corrected chi connectivity index (χ2v) is 7.11. The fraction of sp³-hybridized carbons (Fsp3) is 0.435. The monoisotopic (exact) mass is 320 g/mol. The number of benzene rings is 2. The zero-order valence-corrected chi connectivity index (χ0v) is 15.0. The number of hydrogen-bond acceptors (Lipinski definition) is 1. The second-order valence-electron chi connectivity index (χ2n) is 7.11. The molecule has 0 saturated heterocycles. The highest BCUT2D eigenvalue weighted by atomic mass is 16.1. The Kier molecular flexibility index (Phi) is 5.50. The Hall–Kier alpha value is -1.89. The predicted molar refractivity (Wildman–Crippen MR) is 102 cm³/mol. The summed E-state index contributed by atoms with van der Waals surface area (Å²) in [6.07, 6.45) is 10.2. The van der Waals surface area contributed by atoms with Gasteiger partial charge in [0.25, 0.3) is 0 Å². The Morgan fingerprint density at radius 2 is 1.54 bits per heavy atom. The van der Waals surface area contributed by atoms with Gasteiger partial charge in [-0.25, -0.2) is 0 Å². The number of Topliss-reactive ketones (excluding diaryl/α,β-unsaturated/α-hetero) is 1. The number of ketones is 1. The van der Waals surface area contributed by atoms with Crippen LogP contribution in [0.5, 0.6) is 0 Å². The highest BCUT2D eigenvalue weighted by Crippen LogP contribution is 2.37. The molecular formula is C23H28O. The first-order valence-corrected chi connectivity index (χ1v) is 9.45. The lowest BCUT2D eigenvalue weighted by Crippen LogP contribution is -1.93. The third kappa shape index (κ3) is 3.77. The zero-order valence-electron chi connectivity index (χ0n) is 15.0. The number of carbonyl (C=O) groups excluding carboxylic acids is 1. The Labute approximate surface area is 146 Å². The molecule has 0 heterocycles. The Morgan fingerprint density at radius 3 is 2.29 bits per heavy atom. The van der Waals surface area contributed by atoms with Crippen molar-refractivity contribution in [3.8, 4) is 11.1 Å². The molecule has 1 aliphatic rings. The van der Waals surface area contributed by atoms with Gasteiger partial charge in [-0.3, -0.25) is 4.79 Å². The van der Waals surface area contributed by atoms with Crippen molar-refractivity contribution < 1.29 is 4.79 Å². The Bertz CT molecular complexity index is 727. The molecule has 1 nitrogen and oxygen atoms in total. The lowest BCUT2D eigenvalue weighted by molar-refractivity contribution is 0.101. The van der Waals surface area contributed by atoms with Crippen LogP contribution >= 0.6 is 0 Å². The van der Waals surface area contributed by atoms with Crippen LogP contribution in [0.2, 0.25) is 0 Å². The topological polar surface area (TPSA) is 17.1 Å². The van der Waals surface area contributed by atoms with Crippen molar-refractivity contribution in [1.29, 1.82) is 0 Å². The summed E-state index contributed by atoms with van der Waals surface area (Å²) in [7, 11) is 0. The fourth-order valence-electron chi connectivity index (χ4n) is 3.75. The summed E-state index contributed by atoms with van der Waals surface area (Å²) in [6.45, 7) is 3.91. The van der Waals surface area contributed by atoms with E-state index in [9.17, 15) is 4.79 Å². The SMILES string of the molecule is CCCCCCCCc1ccc2c(c1)Cc1cc(C(C)=O)ccc1-2. The van der Waals surface area contributed by atoms with Gasteiger partial charge in [0, 0.05) is 5.56 Å².